The lowest BCUT2D eigenvalue weighted by molar-refractivity contribution is -0.138. The quantitative estimate of drug-likeness (QED) is 0.0246. The molecule has 4 atom stereocenters. The van der Waals surface area contributed by atoms with Gasteiger partial charge in [0.1, 0.15) is 72.1 Å². The minimum absolute atomic E-state index is 0.0131. The molecule has 8 fully saturated rings. The second-order valence-electron chi connectivity index (χ2n) is 29.3. The summed E-state index contributed by atoms with van der Waals surface area (Å²) in [6.07, 6.45) is -15.6. The predicted octanol–water partition coefficient (Wildman–Crippen LogP) is 8.06. The molecule has 136 heavy (non-hydrogen) atoms. The van der Waals surface area contributed by atoms with Crippen LogP contribution in [0.1, 0.15) is 242 Å². The Morgan fingerprint density at radius 1 is 0.404 bits per heavy atom. The van der Waals surface area contributed by atoms with Gasteiger partial charge in [-0.25, -0.2) is 17.6 Å². The van der Waals surface area contributed by atoms with Crippen LogP contribution in [-0.2, 0) is 136 Å². The van der Waals surface area contributed by atoms with Crippen molar-refractivity contribution in [1.29, 1.82) is 0 Å². The maximum Gasteiger partial charge on any atom is 0.255 e. The molecule has 8 aromatic rings. The Morgan fingerprint density at radius 3 is 1.32 bits per heavy atom. The predicted molar refractivity (Wildman–Crippen MR) is 483 cm³/mol. The van der Waals surface area contributed by atoms with E-state index in [1.807, 2.05) is 25.8 Å². The Labute approximate surface area is 866 Å². The molecule has 0 aromatic heterocycles. The van der Waals surface area contributed by atoms with Crippen LogP contribution in [0, 0.1) is 23.3 Å². The summed E-state index contributed by atoms with van der Waals surface area (Å²) in [5.41, 5.74) is -14.9. The highest BCUT2D eigenvalue weighted by Crippen LogP contribution is 2.40. The SMILES string of the molecule is [2H]c1c([2H])c(OCc2c([2H])c(CN3CCOCC3)c([2H])c([2H])c2F)c2c(c1[2H])C(=O)N(C1([2H])C(=O)NC(=O)C([2H])([2H])C1([2H])[2H])C2.[2H]c1c([2H])c(OCc2c([2H])c(CN3CCOCC3)c([2H])c([2H])c2F)c2c(c1[2H])C(=O)N(C1C(=O)NC(=O)C([2H])([2H])C1([2H])[2H])C2.[2H]c1cc(C([2H])([2H])N2C([2H])([2H])C([2H])([2H])OC([2H])([2H])C2([2H])[2H])c([2H])c(C([2H])([2H])Nc2c([2H])c([2H])c([2H])c3c2C([2H])([2H])N(C2([2H])CCC(=O)NC2=O)C3=O)c1F.[2H]c1cc(C([2H])([2H])N2C([2H])([2H])C([2H])([2H])OC([2H])([2H])C2([2H])[2H])c([2H])c(C([2H])([2H])Nc2c([2H])c([2H])c([2H])c3c2C([2H])([2H])N(C2CCC(=O)NC2=O)C3=O)c1F. The fourth-order valence-corrected chi connectivity index (χ4v) is 14.0. The van der Waals surface area contributed by atoms with Crippen LogP contribution >= 0.6 is 0 Å². The number of halogens is 4. The van der Waals surface area contributed by atoms with Crippen molar-refractivity contribution in [2.24, 2.45) is 0 Å². The molecule has 0 radical (unpaired) electrons. The summed E-state index contributed by atoms with van der Waals surface area (Å²) in [6.45, 7) is -52.3. The van der Waals surface area contributed by atoms with Gasteiger partial charge < -0.3 is 58.7 Å². The molecule has 0 bridgehead atoms. The van der Waals surface area contributed by atoms with Crippen LogP contribution in [0.5, 0.6) is 11.5 Å². The molecule has 32 nitrogen and oxygen atoms in total. The van der Waals surface area contributed by atoms with Crippen LogP contribution in [-0.4, -0.2) is 239 Å². The van der Waals surface area contributed by atoms with Crippen LogP contribution in [0.4, 0.5) is 28.9 Å². The average Bonchev–Trinajstić information content (AvgIpc) is 0.793. The number of ether oxygens (including phenoxy) is 6. The number of fused-ring (bicyclic) bond motifs is 4. The van der Waals surface area contributed by atoms with Crippen molar-refractivity contribution >= 4 is 82.3 Å². The van der Waals surface area contributed by atoms with Crippen molar-refractivity contribution in [2.45, 2.75) is 154 Å². The number of hydrogen-bond donors (Lipinski definition) is 6. The van der Waals surface area contributed by atoms with Crippen LogP contribution in [0.15, 0.2) is 145 Å². The number of nitrogens with zero attached hydrogens (tertiary/aromatic N) is 8. The maximum absolute atomic E-state index is 15.8. The van der Waals surface area contributed by atoms with E-state index < -0.39 is 506 Å². The van der Waals surface area contributed by atoms with Crippen molar-refractivity contribution in [3.63, 3.8) is 0 Å². The maximum atomic E-state index is 15.8. The summed E-state index contributed by atoms with van der Waals surface area (Å²) in [4.78, 5) is 157. The molecule has 36 heteroatoms. The molecule has 12 aliphatic rings. The third kappa shape index (κ3) is 22.3. The number of nitrogens with one attached hydrogen (secondary N) is 6. The standard InChI is InChI=1S/2C25H27FN4O4.2C25H26FN3O5/c2*26-20-5-4-16(14-29-8-10-34-11-9-29)12-17(20)13-27-21-3-1-2-18-19(21)15-30(25(18)33)22-6-7-23(31)28-24(22)32;2*26-20-5-4-16(13-28-8-10-33-11-9-28)12-17(20)15-34-22-3-1-2-18-19(22)14-29(25(18)32)21-6-7-23(30)27-24(21)31/h2*1-5,12,22,27H,6-11,13-15H2,(H,28,31,32);2*1-5,12,21H,6-11,13-15H2,(H,27,30,31)/i1D,2D,3D,5D,8D2,9D2,10D2,11D2,12D,13D2,14D2,15D2,22D;1D,2D,3D,5D,8D2,9D2,10D2,11D2,12D,13D2,14D2,15D2;1D,2D,3D,4D,5D,6D2,7D2,12D,21D;1D,2D,3D,4D,5D,6D2,7D2,12D. The number of anilines is 2. The monoisotopic (exact) mass is 1930 g/mol. The number of amides is 12. The molecule has 20 rings (SSSR count). The lowest BCUT2D eigenvalue weighted by atomic mass is 10.0. The lowest BCUT2D eigenvalue weighted by Crippen LogP contribution is -2.52. The number of hydrogen-bond acceptors (Lipinski definition) is 24. The Morgan fingerprint density at radius 2 is 0.809 bits per heavy atom. The fourth-order valence-electron chi connectivity index (χ4n) is 14.0. The summed E-state index contributed by atoms with van der Waals surface area (Å²) in [5.74, 6) is -23.1. The molecule has 8 aromatic carbocycles. The first kappa shape index (κ1) is 46.1. The smallest absolute Gasteiger partial charge is 0.255 e. The Kier molecular flexibility index (Phi) is 14.6. The molecule has 8 saturated heterocycles. The van der Waals surface area contributed by atoms with Crippen LogP contribution in [0.3, 0.4) is 0 Å². The summed E-state index contributed by atoms with van der Waals surface area (Å²) < 4.78 is 592. The van der Waals surface area contributed by atoms with E-state index in [-0.39, 0.29) is 70.1 Å². The molecular formula is C100H106F4N14O18. The Hall–Kier alpha value is -13.2. The van der Waals surface area contributed by atoms with Crippen molar-refractivity contribution in [1.82, 2.24) is 60.5 Å². The zero-order chi connectivity index (χ0) is 148. The van der Waals surface area contributed by atoms with Crippen LogP contribution in [0.25, 0.3) is 0 Å². The fraction of sp³-hybridized carbons (Fsp3) is 0.400. The van der Waals surface area contributed by atoms with Crippen molar-refractivity contribution in [2.75, 3.05) is 115 Å². The molecular weight excluding hydrogens is 1760 g/mol. The van der Waals surface area contributed by atoms with E-state index in [0.717, 1.165) is 0 Å². The van der Waals surface area contributed by atoms with Gasteiger partial charge in [-0.15, -0.1) is 0 Å². The van der Waals surface area contributed by atoms with E-state index >= 15 is 17.6 Å². The first-order chi connectivity index (χ1) is 89.4. The molecule has 12 heterocycles. The van der Waals surface area contributed by atoms with Gasteiger partial charge in [-0.05, 0) is 145 Å². The number of imide groups is 4. The minimum Gasteiger partial charge on any atom is -0.488 e. The third-order valence-corrected chi connectivity index (χ3v) is 20.6. The lowest BCUT2D eigenvalue weighted by Gasteiger charge is -2.29. The van der Waals surface area contributed by atoms with Gasteiger partial charge >= 0.3 is 0 Å². The van der Waals surface area contributed by atoms with E-state index in [0.29, 0.717) is 62.4 Å². The van der Waals surface area contributed by atoms with Gasteiger partial charge in [0.25, 0.3) is 23.6 Å². The second kappa shape index (κ2) is 43.2. The van der Waals surface area contributed by atoms with Crippen molar-refractivity contribution < 1.29 is 186 Å². The highest BCUT2D eigenvalue weighted by atomic mass is 19.1. The molecule has 0 spiro atoms. The van der Waals surface area contributed by atoms with E-state index in [2.05, 4.69) is 9.47 Å². The highest BCUT2D eigenvalue weighted by Gasteiger charge is 2.45. The number of carbonyl (C=O) groups is 12. The summed E-state index contributed by atoms with van der Waals surface area (Å²) in [5, 5.41) is 10.8. The van der Waals surface area contributed by atoms with E-state index in [1.165, 1.54) is 0 Å². The summed E-state index contributed by atoms with van der Waals surface area (Å²) in [6, 6.07) is -30.5. The highest BCUT2D eigenvalue weighted by molar-refractivity contribution is 6.09. The summed E-state index contributed by atoms with van der Waals surface area (Å²) >= 11 is 0. The van der Waals surface area contributed by atoms with Gasteiger partial charge in [0.15, 0.2) is 0 Å². The molecule has 0 saturated carbocycles. The number of rotatable bonds is 24. The zero-order valence-corrected chi connectivity index (χ0v) is 69.5. The van der Waals surface area contributed by atoms with Crippen LogP contribution < -0.4 is 41.4 Å². The summed E-state index contributed by atoms with van der Waals surface area (Å²) in [7, 11) is 0. The van der Waals surface area contributed by atoms with E-state index in [9.17, 15) is 57.5 Å². The number of carbonyl (C=O) groups excluding carboxylic acids is 12. The number of benzene rings is 8. The number of piperidine rings is 4. The van der Waals surface area contributed by atoms with Crippen LogP contribution in [0.2, 0.25) is 0 Å². The van der Waals surface area contributed by atoms with Gasteiger partial charge in [0, 0.05) is 235 Å². The molecule has 4 unspecified atom stereocenters. The Bertz CT molecular complexity index is 9270. The van der Waals surface area contributed by atoms with Gasteiger partial charge in [-0.1, -0.05) is 48.4 Å². The Balaban J connectivity index is 0.000000170. The molecule has 12 aliphatic heterocycles. The molecule has 0 aliphatic carbocycles. The second-order valence-corrected chi connectivity index (χ2v) is 29.3. The number of morpholine rings is 4. The van der Waals surface area contributed by atoms with E-state index in [1.54, 1.807) is 16.0 Å². The molecule has 12 amide bonds. The van der Waals surface area contributed by atoms with Gasteiger partial charge in [0.05, 0.1) is 121 Å². The average molecular weight is 1930 g/mol. The van der Waals surface area contributed by atoms with Crippen molar-refractivity contribution in [3.8, 4) is 11.5 Å². The van der Waals surface area contributed by atoms with E-state index in [4.69, 9.17) is 101 Å². The minimum atomic E-state index is -3.94. The van der Waals surface area contributed by atoms with Gasteiger partial charge in [-0.2, -0.15) is 0 Å². The normalized spacial score (nSPS) is 34.0. The third-order valence-electron chi connectivity index (χ3n) is 20.6. The van der Waals surface area contributed by atoms with Crippen molar-refractivity contribution in [3.05, 3.63) is 257 Å². The molecule has 712 valence electrons. The first-order valence-corrected chi connectivity index (χ1v) is 40.2. The zero-order valence-electron chi connectivity index (χ0n) is 129. The van der Waals surface area contributed by atoms with Gasteiger partial charge in [-0.3, -0.25) is 98.4 Å². The molecule has 6 N–H and O–H groups in total. The topological polar surface area (TPSA) is 358 Å². The van der Waals surface area contributed by atoms with Gasteiger partial charge in [0.2, 0.25) is 47.3 Å². The largest absolute Gasteiger partial charge is 0.488 e. The first-order valence-electron chi connectivity index (χ1n) is 70.2.